The average Bonchev–Trinajstić information content (AvgIpc) is 1.51. The Labute approximate surface area is 604 Å². The van der Waals surface area contributed by atoms with Gasteiger partial charge in [0.05, 0.1) is 10.8 Å². The molecule has 0 aliphatic heterocycles. The van der Waals surface area contributed by atoms with Gasteiger partial charge in [0.1, 0.15) is 0 Å². The fourth-order valence-corrected chi connectivity index (χ4v) is 19.3. The van der Waals surface area contributed by atoms with Gasteiger partial charge in [-0.25, -0.2) is 0 Å². The maximum absolute atomic E-state index is 3.60. The molecule has 3 aromatic heterocycles. The topological polar surface area (TPSA) is 47.4 Å². The van der Waals surface area contributed by atoms with E-state index in [0.29, 0.717) is 0 Å². The standard InChI is InChI=1S/C37H23N.C37H25N.C27H21N/c1-5-16-31-25(10-1)26-11-2-6-17-32(26)37(31)33-18-7-3-12-27(33)29-15-9-14-24(36(29)37)23-20-21-35-30(22-23)28-13-4-8-19-34(28)38-35;1-3-12-26(13-4-1)37(27-14-5-2-6-15-27)33-20-9-7-16-29(33)31-19-11-18-28(36(31)37)25-22-23-35-32(24-25)30-17-8-10-21-34(30)38-35;1-27(2)23-12-5-3-8-19(23)21-11-7-10-18(26(21)27)17-14-15-25-22(16-17)20-9-4-6-13-24(20)28-25/h1-22,38H;1-24,38H;3-16,28H,1-2H3. The molecule has 0 unspecified atom stereocenters. The molecular weight excluding hydrogens is 1260 g/mol. The molecule has 3 nitrogen and oxygen atoms in total. The summed E-state index contributed by atoms with van der Waals surface area (Å²) in [4.78, 5) is 10.7. The zero-order valence-electron chi connectivity index (χ0n) is 57.6. The number of fused-ring (bicyclic) bond motifs is 25. The van der Waals surface area contributed by atoms with Crippen LogP contribution in [0.3, 0.4) is 0 Å². The second kappa shape index (κ2) is 23.0. The normalized spacial score (nSPS) is 13.9. The Bertz CT molecular complexity index is 6400. The van der Waals surface area contributed by atoms with Crippen LogP contribution in [0.25, 0.3) is 143 Å². The molecule has 0 saturated carbocycles. The van der Waals surface area contributed by atoms with Crippen LogP contribution in [-0.2, 0) is 16.2 Å². The molecule has 0 atom stereocenters. The van der Waals surface area contributed by atoms with Crippen molar-refractivity contribution >= 4 is 65.4 Å². The summed E-state index contributed by atoms with van der Waals surface area (Å²) in [6.45, 7) is 4.71. The Kier molecular flexibility index (Phi) is 13.2. The summed E-state index contributed by atoms with van der Waals surface area (Å²) < 4.78 is 0. The van der Waals surface area contributed by atoms with E-state index in [9.17, 15) is 0 Å². The van der Waals surface area contributed by atoms with E-state index in [0.717, 1.165) is 0 Å². The van der Waals surface area contributed by atoms with Crippen molar-refractivity contribution in [2.45, 2.75) is 30.1 Å². The van der Waals surface area contributed by atoms with Crippen molar-refractivity contribution in [3.8, 4) is 77.9 Å². The summed E-state index contributed by atoms with van der Waals surface area (Å²) in [5, 5.41) is 7.64. The first-order valence-corrected chi connectivity index (χ1v) is 36.4. The van der Waals surface area contributed by atoms with Crippen molar-refractivity contribution in [1.29, 1.82) is 0 Å². The molecule has 0 fully saturated rings. The zero-order chi connectivity index (χ0) is 68.8. The van der Waals surface area contributed by atoms with Gasteiger partial charge in [0.15, 0.2) is 0 Å². The predicted octanol–water partition coefficient (Wildman–Crippen LogP) is 26.0. The largest absolute Gasteiger partial charge is 0.355 e. The monoisotopic (exact) mass is 1320 g/mol. The fraction of sp³-hybridized carbons (Fsp3) is 0.0495. The van der Waals surface area contributed by atoms with Gasteiger partial charge in [0.25, 0.3) is 0 Å². The molecule has 0 saturated heterocycles. The van der Waals surface area contributed by atoms with E-state index in [-0.39, 0.29) is 10.8 Å². The molecular formula is C101H69N3. The Morgan fingerprint density at radius 2 is 0.442 bits per heavy atom. The van der Waals surface area contributed by atoms with Gasteiger partial charge in [0, 0.05) is 70.8 Å². The van der Waals surface area contributed by atoms with Crippen LogP contribution in [0.4, 0.5) is 0 Å². The number of para-hydroxylation sites is 3. The first kappa shape index (κ1) is 59.8. The van der Waals surface area contributed by atoms with E-state index in [1.165, 1.54) is 199 Å². The third-order valence-corrected chi connectivity index (χ3v) is 23.5. The number of H-pyrrole nitrogens is 3. The highest BCUT2D eigenvalue weighted by Gasteiger charge is 2.53. The Morgan fingerprint density at radius 1 is 0.183 bits per heavy atom. The number of aromatic amines is 3. The summed E-state index contributed by atoms with van der Waals surface area (Å²) in [6.07, 6.45) is 0. The van der Waals surface area contributed by atoms with Gasteiger partial charge in [-0.2, -0.15) is 0 Å². The van der Waals surface area contributed by atoms with Gasteiger partial charge in [0.2, 0.25) is 0 Å². The molecule has 3 heteroatoms. The first-order chi connectivity index (χ1) is 51.3. The van der Waals surface area contributed by atoms with Crippen LogP contribution in [0.5, 0.6) is 0 Å². The molecule has 19 aromatic rings. The summed E-state index contributed by atoms with van der Waals surface area (Å²) in [6, 6.07) is 134. The lowest BCUT2D eigenvalue weighted by Gasteiger charge is -2.35. The summed E-state index contributed by atoms with van der Waals surface area (Å²) in [5.74, 6) is 0. The maximum Gasteiger partial charge on any atom is 0.0731 e. The molecule has 16 aromatic carbocycles. The SMILES string of the molecule is CC1(C)c2ccccc2-c2cccc(-c3ccc4[nH]c5ccccc5c4c3)c21.c1ccc(C2(c3ccccc3)c3ccccc3-c3cccc(-c4ccc5[nH]c6ccccc6c5c4)c32)cc1.c1ccc2c(c1)-c1ccccc1C21c2ccccc2-c2cccc(-c3ccc4[nH]c5ccccc5c4c3)c21. The van der Waals surface area contributed by atoms with Crippen molar-refractivity contribution in [2.24, 2.45) is 0 Å². The maximum atomic E-state index is 3.60. The quantitative estimate of drug-likeness (QED) is 0.154. The van der Waals surface area contributed by atoms with Gasteiger partial charge in [-0.3, -0.25) is 0 Å². The van der Waals surface area contributed by atoms with Crippen LogP contribution in [0, 0.1) is 0 Å². The Balaban J connectivity index is 0.000000102. The number of aromatic nitrogens is 3. The second-order valence-corrected chi connectivity index (χ2v) is 29.1. The van der Waals surface area contributed by atoms with Gasteiger partial charge in [-0.1, -0.05) is 323 Å². The van der Waals surface area contributed by atoms with Crippen LogP contribution >= 0.6 is 0 Å². The van der Waals surface area contributed by atoms with Crippen molar-refractivity contribution in [3.05, 3.63) is 420 Å². The van der Waals surface area contributed by atoms with Crippen molar-refractivity contribution in [3.63, 3.8) is 0 Å². The lowest BCUT2D eigenvalue weighted by Crippen LogP contribution is -2.29. The summed E-state index contributed by atoms with van der Waals surface area (Å²) >= 11 is 0. The fourth-order valence-electron chi connectivity index (χ4n) is 19.3. The average molecular weight is 1320 g/mol. The van der Waals surface area contributed by atoms with E-state index in [2.05, 4.69) is 393 Å². The van der Waals surface area contributed by atoms with Gasteiger partial charge < -0.3 is 15.0 Å². The second-order valence-electron chi connectivity index (χ2n) is 29.1. The third kappa shape index (κ3) is 8.53. The van der Waals surface area contributed by atoms with Crippen molar-refractivity contribution < 1.29 is 0 Å². The number of hydrogen-bond donors (Lipinski definition) is 3. The summed E-state index contributed by atoms with van der Waals surface area (Å²) in [7, 11) is 0. The molecule has 488 valence electrons. The minimum absolute atomic E-state index is 0.00229. The Hall–Kier alpha value is -13.1. The van der Waals surface area contributed by atoms with Crippen LogP contribution in [-0.4, -0.2) is 15.0 Å². The van der Waals surface area contributed by atoms with E-state index in [1.807, 2.05) is 0 Å². The van der Waals surface area contributed by atoms with Crippen molar-refractivity contribution in [2.75, 3.05) is 0 Å². The van der Waals surface area contributed by atoms with E-state index >= 15 is 0 Å². The highest BCUT2D eigenvalue weighted by molar-refractivity contribution is 6.12. The molecule has 0 radical (unpaired) electrons. The van der Waals surface area contributed by atoms with Crippen LogP contribution in [0.15, 0.2) is 364 Å². The third-order valence-electron chi connectivity index (χ3n) is 23.5. The first-order valence-electron chi connectivity index (χ1n) is 36.4. The van der Waals surface area contributed by atoms with Gasteiger partial charge in [-0.05, 0) is 188 Å². The van der Waals surface area contributed by atoms with Gasteiger partial charge in [-0.15, -0.1) is 0 Å². The highest BCUT2D eigenvalue weighted by Crippen LogP contribution is 2.65. The van der Waals surface area contributed by atoms with Crippen molar-refractivity contribution in [1.82, 2.24) is 15.0 Å². The van der Waals surface area contributed by atoms with E-state index < -0.39 is 5.41 Å². The smallest absolute Gasteiger partial charge is 0.0731 e. The molecule has 4 aliphatic carbocycles. The van der Waals surface area contributed by atoms with Crippen LogP contribution in [0.2, 0.25) is 0 Å². The minimum Gasteiger partial charge on any atom is -0.355 e. The van der Waals surface area contributed by atoms with E-state index in [1.54, 1.807) is 0 Å². The molecule has 3 heterocycles. The molecule has 23 rings (SSSR count). The van der Waals surface area contributed by atoms with Gasteiger partial charge >= 0.3 is 0 Å². The number of rotatable bonds is 5. The molecule has 0 bridgehead atoms. The Morgan fingerprint density at radius 3 is 0.837 bits per heavy atom. The predicted molar refractivity (Wildman–Crippen MR) is 435 cm³/mol. The molecule has 4 aliphatic rings. The molecule has 3 N–H and O–H groups in total. The number of nitrogens with one attached hydrogen (secondary N) is 3. The molecule has 0 amide bonds. The van der Waals surface area contributed by atoms with E-state index in [4.69, 9.17) is 0 Å². The highest BCUT2D eigenvalue weighted by atomic mass is 14.7. The van der Waals surface area contributed by atoms with Crippen LogP contribution < -0.4 is 0 Å². The number of hydrogen-bond acceptors (Lipinski definition) is 0. The molecule has 104 heavy (non-hydrogen) atoms. The lowest BCUT2D eigenvalue weighted by molar-refractivity contribution is 0.662. The number of benzene rings is 16. The summed E-state index contributed by atoms with van der Waals surface area (Å²) in [5.41, 5.74) is 38.4. The minimum atomic E-state index is -0.416. The lowest BCUT2D eigenvalue weighted by atomic mass is 9.66. The van der Waals surface area contributed by atoms with Crippen LogP contribution in [0.1, 0.15) is 69.5 Å². The molecule has 1 spiro atoms. The zero-order valence-corrected chi connectivity index (χ0v) is 57.6.